The molecule has 0 spiro atoms. The van der Waals surface area contributed by atoms with Crippen LogP contribution >= 0.6 is 35.3 Å². The van der Waals surface area contributed by atoms with Crippen LogP contribution in [-0.4, -0.2) is 58.3 Å². The van der Waals surface area contributed by atoms with Gasteiger partial charge in [-0.15, -0.1) is 45.5 Å². The van der Waals surface area contributed by atoms with Crippen LogP contribution in [0.3, 0.4) is 0 Å². The number of unbranched alkanes of at least 4 members (excludes halogenated alkanes) is 1. The van der Waals surface area contributed by atoms with Gasteiger partial charge in [0, 0.05) is 39.8 Å². The third-order valence-corrected chi connectivity index (χ3v) is 5.69. The van der Waals surface area contributed by atoms with Crippen LogP contribution in [0.4, 0.5) is 5.00 Å². The Morgan fingerprint density at radius 3 is 2.63 bits per heavy atom. The van der Waals surface area contributed by atoms with Crippen molar-refractivity contribution in [2.24, 2.45) is 12.0 Å². The molecule has 0 amide bonds. The van der Waals surface area contributed by atoms with Gasteiger partial charge in [0.15, 0.2) is 11.8 Å². The number of aromatic nitrogens is 3. The molecule has 27 heavy (non-hydrogen) atoms. The molecule has 9 heteroatoms. The summed E-state index contributed by atoms with van der Waals surface area (Å²) < 4.78 is 2.00. The van der Waals surface area contributed by atoms with Gasteiger partial charge in [-0.3, -0.25) is 0 Å². The Labute approximate surface area is 182 Å². The summed E-state index contributed by atoms with van der Waals surface area (Å²) in [4.78, 5) is 9.66. The Morgan fingerprint density at radius 2 is 2.04 bits per heavy atom. The number of hydrogen-bond donors (Lipinski definition) is 1. The molecule has 1 fully saturated rings. The Morgan fingerprint density at radius 1 is 1.26 bits per heavy atom. The molecule has 3 heterocycles. The van der Waals surface area contributed by atoms with Crippen LogP contribution in [0.5, 0.6) is 0 Å². The summed E-state index contributed by atoms with van der Waals surface area (Å²) in [6.07, 6.45) is 2.33. The molecule has 0 bridgehead atoms. The van der Waals surface area contributed by atoms with E-state index in [0.717, 1.165) is 56.8 Å². The predicted molar refractivity (Wildman–Crippen MR) is 123 cm³/mol. The zero-order chi connectivity index (χ0) is 18.4. The smallest absolute Gasteiger partial charge is 0.194 e. The van der Waals surface area contributed by atoms with Gasteiger partial charge in [-0.25, -0.2) is 4.99 Å². The molecule has 3 rings (SSSR count). The lowest BCUT2D eigenvalue weighted by molar-refractivity contribution is 0.372. The number of aryl methyl sites for hydroxylation is 1. The molecule has 150 valence electrons. The van der Waals surface area contributed by atoms with E-state index in [2.05, 4.69) is 49.8 Å². The highest BCUT2D eigenvalue weighted by atomic mass is 127. The minimum atomic E-state index is 0. The summed E-state index contributed by atoms with van der Waals surface area (Å²) in [5, 5.41) is 15.4. The first-order valence-corrected chi connectivity index (χ1v) is 10.2. The van der Waals surface area contributed by atoms with E-state index in [-0.39, 0.29) is 24.0 Å². The molecule has 1 aliphatic heterocycles. The molecular formula is C18H30IN7S. The first-order valence-electron chi connectivity index (χ1n) is 9.35. The van der Waals surface area contributed by atoms with Gasteiger partial charge < -0.3 is 19.7 Å². The molecule has 0 saturated carbocycles. The van der Waals surface area contributed by atoms with E-state index >= 15 is 0 Å². The van der Waals surface area contributed by atoms with Crippen molar-refractivity contribution in [1.82, 2.24) is 25.0 Å². The molecular weight excluding hydrogens is 473 g/mol. The second-order valence-electron chi connectivity index (χ2n) is 6.57. The van der Waals surface area contributed by atoms with Gasteiger partial charge in [-0.05, 0) is 30.9 Å². The molecule has 1 N–H and O–H groups in total. The van der Waals surface area contributed by atoms with E-state index in [1.807, 2.05) is 29.9 Å². The minimum absolute atomic E-state index is 0. The standard InChI is InChI=1S/C18H29N7S.HI/c1-4-5-8-19-18(20-14-16-22-21-15(2)23(16)3)25-11-9-24(10-12-25)17-7-6-13-26-17;/h6-7,13H,4-5,8-12,14H2,1-3H3,(H,19,20);1H. The average molecular weight is 503 g/mol. The summed E-state index contributed by atoms with van der Waals surface area (Å²) >= 11 is 1.81. The van der Waals surface area contributed by atoms with Gasteiger partial charge in [0.05, 0.1) is 5.00 Å². The molecule has 2 aromatic rings. The Hall–Kier alpha value is -1.36. The number of anilines is 1. The number of aliphatic imine (C=N–C) groups is 1. The van der Waals surface area contributed by atoms with Crippen LogP contribution in [0.1, 0.15) is 31.4 Å². The third-order valence-electron chi connectivity index (χ3n) is 4.76. The number of guanidine groups is 1. The minimum Gasteiger partial charge on any atom is -0.360 e. The number of thiophene rings is 1. The molecule has 0 atom stereocenters. The average Bonchev–Trinajstić information content (AvgIpc) is 3.30. The number of nitrogens with one attached hydrogen (secondary N) is 1. The molecule has 1 aliphatic rings. The van der Waals surface area contributed by atoms with E-state index in [9.17, 15) is 0 Å². The topological polar surface area (TPSA) is 61.6 Å². The molecule has 2 aromatic heterocycles. The molecule has 0 aromatic carbocycles. The van der Waals surface area contributed by atoms with Gasteiger partial charge in [0.25, 0.3) is 0 Å². The third kappa shape index (κ3) is 5.81. The summed E-state index contributed by atoms with van der Waals surface area (Å²) in [6, 6.07) is 4.32. The lowest BCUT2D eigenvalue weighted by Gasteiger charge is -2.37. The number of hydrogen-bond acceptors (Lipinski definition) is 5. The van der Waals surface area contributed by atoms with Crippen LogP contribution in [0.2, 0.25) is 0 Å². The number of piperazine rings is 1. The molecule has 0 unspecified atom stereocenters. The van der Waals surface area contributed by atoms with Crippen molar-refractivity contribution in [3.05, 3.63) is 29.2 Å². The van der Waals surface area contributed by atoms with Crippen LogP contribution in [0, 0.1) is 6.92 Å². The number of halogens is 1. The maximum absolute atomic E-state index is 4.84. The quantitative estimate of drug-likeness (QED) is 0.285. The van der Waals surface area contributed by atoms with Crippen LogP contribution in [-0.2, 0) is 13.6 Å². The molecule has 0 aliphatic carbocycles. The van der Waals surface area contributed by atoms with E-state index in [1.54, 1.807) is 0 Å². The van der Waals surface area contributed by atoms with E-state index < -0.39 is 0 Å². The maximum Gasteiger partial charge on any atom is 0.194 e. The zero-order valence-electron chi connectivity index (χ0n) is 16.4. The highest BCUT2D eigenvalue weighted by molar-refractivity contribution is 14.0. The zero-order valence-corrected chi connectivity index (χ0v) is 19.5. The van der Waals surface area contributed by atoms with E-state index in [1.165, 1.54) is 11.4 Å². The second-order valence-corrected chi connectivity index (χ2v) is 7.49. The van der Waals surface area contributed by atoms with Crippen molar-refractivity contribution < 1.29 is 0 Å². The van der Waals surface area contributed by atoms with Crippen molar-refractivity contribution in [2.45, 2.75) is 33.2 Å². The van der Waals surface area contributed by atoms with Crippen molar-refractivity contribution in [1.29, 1.82) is 0 Å². The Bertz CT molecular complexity index is 705. The lowest BCUT2D eigenvalue weighted by Crippen LogP contribution is -2.52. The van der Waals surface area contributed by atoms with Crippen molar-refractivity contribution >= 4 is 46.3 Å². The first-order chi connectivity index (χ1) is 12.7. The highest BCUT2D eigenvalue weighted by Gasteiger charge is 2.20. The van der Waals surface area contributed by atoms with Crippen LogP contribution < -0.4 is 10.2 Å². The molecule has 1 saturated heterocycles. The Balaban J connectivity index is 0.00000261. The van der Waals surface area contributed by atoms with Gasteiger partial charge in [-0.1, -0.05) is 13.3 Å². The van der Waals surface area contributed by atoms with Gasteiger partial charge in [0.2, 0.25) is 0 Å². The van der Waals surface area contributed by atoms with Gasteiger partial charge in [0.1, 0.15) is 12.4 Å². The first kappa shape index (κ1) is 21.9. The van der Waals surface area contributed by atoms with Crippen LogP contribution in [0.25, 0.3) is 0 Å². The summed E-state index contributed by atoms with van der Waals surface area (Å²) in [5.41, 5.74) is 0. The highest BCUT2D eigenvalue weighted by Crippen LogP contribution is 2.22. The molecule has 7 nitrogen and oxygen atoms in total. The van der Waals surface area contributed by atoms with Crippen molar-refractivity contribution in [3.8, 4) is 0 Å². The number of nitrogens with zero attached hydrogens (tertiary/aromatic N) is 6. The number of rotatable bonds is 6. The lowest BCUT2D eigenvalue weighted by atomic mass is 10.3. The predicted octanol–water partition coefficient (Wildman–Crippen LogP) is 2.87. The summed E-state index contributed by atoms with van der Waals surface area (Å²) in [6.45, 7) is 9.69. The fourth-order valence-corrected chi connectivity index (χ4v) is 3.75. The fourth-order valence-electron chi connectivity index (χ4n) is 2.97. The van der Waals surface area contributed by atoms with Crippen molar-refractivity contribution in [2.75, 3.05) is 37.6 Å². The van der Waals surface area contributed by atoms with Gasteiger partial charge in [-0.2, -0.15) is 0 Å². The largest absolute Gasteiger partial charge is 0.360 e. The maximum atomic E-state index is 4.84. The molecule has 0 radical (unpaired) electrons. The van der Waals surface area contributed by atoms with Gasteiger partial charge >= 0.3 is 0 Å². The SMILES string of the molecule is CCCCNC(=NCc1nnc(C)n1C)N1CCN(c2cccs2)CC1.I. The second kappa shape index (κ2) is 10.8. The van der Waals surface area contributed by atoms with E-state index in [0.29, 0.717) is 6.54 Å². The van der Waals surface area contributed by atoms with E-state index in [4.69, 9.17) is 4.99 Å². The Kier molecular flexibility index (Phi) is 8.81. The van der Waals surface area contributed by atoms with Crippen molar-refractivity contribution in [3.63, 3.8) is 0 Å². The summed E-state index contributed by atoms with van der Waals surface area (Å²) in [5.74, 6) is 2.81. The monoisotopic (exact) mass is 503 g/mol. The fraction of sp³-hybridized carbons (Fsp3) is 0.611. The van der Waals surface area contributed by atoms with Crippen LogP contribution in [0.15, 0.2) is 22.5 Å². The normalized spacial score (nSPS) is 15.0. The summed E-state index contributed by atoms with van der Waals surface area (Å²) in [7, 11) is 1.99.